The fourth-order valence-corrected chi connectivity index (χ4v) is 2.28. The van der Waals surface area contributed by atoms with Gasteiger partial charge in [-0.05, 0) is 37.1 Å². The first-order valence-electron chi connectivity index (χ1n) is 8.01. The zero-order chi connectivity index (χ0) is 15.8. The van der Waals surface area contributed by atoms with Gasteiger partial charge in [0.05, 0.1) is 13.2 Å². The number of ether oxygens (including phenoxy) is 2. The number of hydrogen-bond donors (Lipinski definition) is 1. The number of benzene rings is 1. The summed E-state index contributed by atoms with van der Waals surface area (Å²) in [6.07, 6.45) is 3.16. The van der Waals surface area contributed by atoms with Crippen molar-refractivity contribution in [3.63, 3.8) is 0 Å². The molecule has 2 amide bonds. The van der Waals surface area contributed by atoms with Crippen molar-refractivity contribution in [1.82, 2.24) is 4.90 Å². The van der Waals surface area contributed by atoms with Crippen LogP contribution in [0.1, 0.15) is 26.2 Å². The third-order valence-electron chi connectivity index (χ3n) is 3.81. The molecule has 1 saturated heterocycles. The number of nitrogens with one attached hydrogen (secondary N) is 1. The molecule has 0 spiro atoms. The lowest BCUT2D eigenvalue weighted by Crippen LogP contribution is -2.32. The van der Waals surface area contributed by atoms with Gasteiger partial charge in [-0.2, -0.15) is 0 Å². The fraction of sp³-hybridized carbons (Fsp3) is 0.588. The molecular weight excluding hydrogens is 280 g/mol. The van der Waals surface area contributed by atoms with Gasteiger partial charge in [0.1, 0.15) is 5.75 Å². The minimum absolute atomic E-state index is 0.0785. The van der Waals surface area contributed by atoms with Crippen LogP contribution in [0, 0.1) is 5.92 Å². The van der Waals surface area contributed by atoms with E-state index < -0.39 is 0 Å². The van der Waals surface area contributed by atoms with Crippen molar-refractivity contribution in [2.24, 2.45) is 5.92 Å². The average molecular weight is 306 g/mol. The Bertz CT molecular complexity index is 455. The monoisotopic (exact) mass is 306 g/mol. The molecule has 0 radical (unpaired) electrons. The van der Waals surface area contributed by atoms with Gasteiger partial charge in [0.2, 0.25) is 0 Å². The van der Waals surface area contributed by atoms with Gasteiger partial charge in [0.25, 0.3) is 0 Å². The summed E-state index contributed by atoms with van der Waals surface area (Å²) in [7, 11) is 1.81. The van der Waals surface area contributed by atoms with Crippen LogP contribution in [-0.4, -0.2) is 44.3 Å². The second kappa shape index (κ2) is 8.63. The number of carbonyl (C=O) groups excluding carboxylic acids is 1. The molecule has 1 atom stereocenters. The van der Waals surface area contributed by atoms with E-state index in [0.29, 0.717) is 12.5 Å². The summed E-state index contributed by atoms with van der Waals surface area (Å²) >= 11 is 0. The van der Waals surface area contributed by atoms with Gasteiger partial charge in [-0.25, -0.2) is 4.79 Å². The van der Waals surface area contributed by atoms with Gasteiger partial charge < -0.3 is 19.7 Å². The lowest BCUT2D eigenvalue weighted by molar-refractivity contribution is 0.167. The highest BCUT2D eigenvalue weighted by molar-refractivity contribution is 5.89. The highest BCUT2D eigenvalue weighted by Crippen LogP contribution is 2.19. The lowest BCUT2D eigenvalue weighted by Gasteiger charge is -2.17. The molecule has 0 bridgehead atoms. The molecule has 1 fully saturated rings. The third kappa shape index (κ3) is 5.22. The van der Waals surface area contributed by atoms with Gasteiger partial charge in [0, 0.05) is 31.8 Å². The highest BCUT2D eigenvalue weighted by Gasteiger charge is 2.16. The molecule has 1 aliphatic rings. The van der Waals surface area contributed by atoms with E-state index in [0.717, 1.165) is 50.5 Å². The van der Waals surface area contributed by atoms with E-state index in [-0.39, 0.29) is 6.03 Å². The number of rotatable bonds is 7. The summed E-state index contributed by atoms with van der Waals surface area (Å²) < 4.78 is 11.1. The van der Waals surface area contributed by atoms with Crippen LogP contribution in [0.25, 0.3) is 0 Å². The predicted octanol–water partition coefficient (Wildman–Crippen LogP) is 3.37. The molecule has 1 heterocycles. The van der Waals surface area contributed by atoms with Gasteiger partial charge in [-0.15, -0.1) is 0 Å². The summed E-state index contributed by atoms with van der Waals surface area (Å²) in [5, 5.41) is 2.89. The van der Waals surface area contributed by atoms with E-state index in [2.05, 4.69) is 12.2 Å². The Morgan fingerprint density at radius 2 is 2.18 bits per heavy atom. The maximum Gasteiger partial charge on any atom is 0.321 e. The quantitative estimate of drug-likeness (QED) is 0.840. The van der Waals surface area contributed by atoms with E-state index in [4.69, 9.17) is 9.47 Å². The first kappa shape index (κ1) is 16.6. The number of hydrogen-bond acceptors (Lipinski definition) is 3. The van der Waals surface area contributed by atoms with Crippen molar-refractivity contribution in [2.45, 2.75) is 26.2 Å². The van der Waals surface area contributed by atoms with Crippen LogP contribution in [-0.2, 0) is 4.74 Å². The van der Waals surface area contributed by atoms with Gasteiger partial charge in [-0.3, -0.25) is 0 Å². The van der Waals surface area contributed by atoms with E-state index >= 15 is 0 Å². The van der Waals surface area contributed by atoms with Crippen molar-refractivity contribution in [1.29, 1.82) is 0 Å². The Labute approximate surface area is 132 Å². The van der Waals surface area contributed by atoms with Crippen LogP contribution in [0.3, 0.4) is 0 Å². The molecule has 1 aliphatic heterocycles. The highest BCUT2D eigenvalue weighted by atomic mass is 16.5. The molecule has 0 unspecified atom stereocenters. The molecule has 122 valence electrons. The molecule has 22 heavy (non-hydrogen) atoms. The third-order valence-corrected chi connectivity index (χ3v) is 3.81. The molecule has 2 rings (SSSR count). The Morgan fingerprint density at radius 3 is 2.82 bits per heavy atom. The van der Waals surface area contributed by atoms with Crippen LogP contribution in [0.2, 0.25) is 0 Å². The Hall–Kier alpha value is -1.75. The summed E-state index contributed by atoms with van der Waals surface area (Å²) in [6.45, 7) is 5.20. The van der Waals surface area contributed by atoms with Crippen molar-refractivity contribution < 1.29 is 14.3 Å². The van der Waals surface area contributed by atoms with Crippen LogP contribution < -0.4 is 10.1 Å². The zero-order valence-corrected chi connectivity index (χ0v) is 13.5. The van der Waals surface area contributed by atoms with Gasteiger partial charge >= 0.3 is 6.03 Å². The summed E-state index contributed by atoms with van der Waals surface area (Å²) in [4.78, 5) is 13.7. The van der Waals surface area contributed by atoms with Crippen molar-refractivity contribution in [3.05, 3.63) is 24.3 Å². The molecular formula is C17H26N2O3. The van der Waals surface area contributed by atoms with E-state index in [1.807, 2.05) is 31.3 Å². The maximum absolute atomic E-state index is 12.0. The van der Waals surface area contributed by atoms with E-state index in [1.54, 1.807) is 4.90 Å². The molecule has 5 heteroatoms. The Balaban J connectivity index is 1.77. The second-order valence-electron chi connectivity index (χ2n) is 5.77. The van der Waals surface area contributed by atoms with Crippen molar-refractivity contribution in [2.75, 3.05) is 38.7 Å². The molecule has 0 aromatic heterocycles. The van der Waals surface area contributed by atoms with Crippen LogP contribution >= 0.6 is 0 Å². The minimum atomic E-state index is -0.0785. The average Bonchev–Trinajstić information content (AvgIpc) is 3.05. The number of unbranched alkanes of at least 4 members (excludes halogenated alkanes) is 1. The maximum atomic E-state index is 12.0. The Morgan fingerprint density at radius 1 is 1.41 bits per heavy atom. The Kier molecular flexibility index (Phi) is 6.52. The van der Waals surface area contributed by atoms with Crippen LogP contribution in [0.5, 0.6) is 5.75 Å². The standard InChI is InChI=1S/C17H26N2O3/c1-3-4-10-19(2)17(20)18-15-5-7-16(8-6-15)22-13-14-9-11-21-12-14/h5-8,14H,3-4,9-13H2,1-2H3,(H,18,20)/t14-/m0/s1. The number of nitrogens with zero attached hydrogens (tertiary/aromatic N) is 1. The van der Waals surface area contributed by atoms with Crippen LogP contribution in [0.4, 0.5) is 10.5 Å². The van der Waals surface area contributed by atoms with Crippen molar-refractivity contribution >= 4 is 11.7 Å². The molecule has 5 nitrogen and oxygen atoms in total. The topological polar surface area (TPSA) is 50.8 Å². The molecule has 1 aromatic rings. The molecule has 0 aliphatic carbocycles. The summed E-state index contributed by atoms with van der Waals surface area (Å²) in [5.74, 6) is 1.32. The second-order valence-corrected chi connectivity index (χ2v) is 5.77. The number of carbonyl (C=O) groups is 1. The molecule has 0 saturated carbocycles. The normalized spacial score (nSPS) is 17.3. The lowest BCUT2D eigenvalue weighted by atomic mass is 10.1. The van der Waals surface area contributed by atoms with E-state index in [9.17, 15) is 4.79 Å². The molecule has 1 N–H and O–H groups in total. The molecule has 1 aromatic carbocycles. The smallest absolute Gasteiger partial charge is 0.321 e. The SMILES string of the molecule is CCCCN(C)C(=O)Nc1ccc(OC[C@H]2CCOC2)cc1. The minimum Gasteiger partial charge on any atom is -0.493 e. The van der Waals surface area contributed by atoms with Crippen LogP contribution in [0.15, 0.2) is 24.3 Å². The summed E-state index contributed by atoms with van der Waals surface area (Å²) in [5.41, 5.74) is 0.782. The van der Waals surface area contributed by atoms with Gasteiger partial charge in [0.15, 0.2) is 0 Å². The largest absolute Gasteiger partial charge is 0.493 e. The number of anilines is 1. The predicted molar refractivity (Wildman–Crippen MR) is 87.4 cm³/mol. The first-order chi connectivity index (χ1) is 10.7. The summed E-state index contributed by atoms with van der Waals surface area (Å²) in [6, 6.07) is 7.43. The fourth-order valence-electron chi connectivity index (χ4n) is 2.28. The zero-order valence-electron chi connectivity index (χ0n) is 13.5. The van der Waals surface area contributed by atoms with Crippen molar-refractivity contribution in [3.8, 4) is 5.75 Å². The first-order valence-corrected chi connectivity index (χ1v) is 8.01. The number of amides is 2. The van der Waals surface area contributed by atoms with Gasteiger partial charge in [-0.1, -0.05) is 13.3 Å². The van der Waals surface area contributed by atoms with E-state index in [1.165, 1.54) is 0 Å². The number of urea groups is 1.